The number of hydrogen-bond acceptors (Lipinski definition) is 5. The SMILES string of the molecule is CC(=O)NCC(=O)NCC(=O)N[C@H](C)c1nc(C(C)(C)C)cs1. The molecule has 0 saturated heterocycles. The van der Waals surface area contributed by atoms with Crippen LogP contribution in [0.3, 0.4) is 0 Å². The Hall–Kier alpha value is -1.96. The summed E-state index contributed by atoms with van der Waals surface area (Å²) in [6.07, 6.45) is 0. The van der Waals surface area contributed by atoms with Crippen LogP contribution in [0.4, 0.5) is 0 Å². The number of carbonyl (C=O) groups excluding carboxylic acids is 3. The first kappa shape index (κ1) is 19.1. The minimum absolute atomic E-state index is 0.0316. The van der Waals surface area contributed by atoms with E-state index in [1.807, 2.05) is 12.3 Å². The zero-order valence-electron chi connectivity index (χ0n) is 14.1. The molecule has 0 aromatic carbocycles. The number of nitrogens with one attached hydrogen (secondary N) is 3. The highest BCUT2D eigenvalue weighted by Gasteiger charge is 2.20. The molecular formula is C15H24N4O3S. The highest BCUT2D eigenvalue weighted by atomic mass is 32.1. The largest absolute Gasteiger partial charge is 0.347 e. The molecule has 0 aliphatic carbocycles. The molecular weight excluding hydrogens is 316 g/mol. The van der Waals surface area contributed by atoms with Crippen LogP contribution >= 0.6 is 11.3 Å². The van der Waals surface area contributed by atoms with Crippen LogP contribution in [-0.4, -0.2) is 35.8 Å². The second-order valence-corrected chi connectivity index (χ2v) is 7.19. The Kier molecular flexibility index (Phi) is 6.68. The van der Waals surface area contributed by atoms with Crippen molar-refractivity contribution in [2.45, 2.75) is 46.1 Å². The topological polar surface area (TPSA) is 100 Å². The molecule has 1 atom stereocenters. The smallest absolute Gasteiger partial charge is 0.239 e. The lowest BCUT2D eigenvalue weighted by atomic mass is 9.93. The standard InChI is InChI=1S/C15H24N4O3S/c1-9(14-19-11(8-23-14)15(3,4)5)18-13(22)7-17-12(21)6-16-10(2)20/h8-9H,6-7H2,1-5H3,(H,16,20)(H,17,21)(H,18,22)/t9-/m1/s1. The fourth-order valence-corrected chi connectivity index (χ4v) is 2.68. The summed E-state index contributed by atoms with van der Waals surface area (Å²) in [5.74, 6) is -1.01. The van der Waals surface area contributed by atoms with Crippen molar-refractivity contribution >= 4 is 29.1 Å². The van der Waals surface area contributed by atoms with Crippen molar-refractivity contribution in [3.05, 3.63) is 16.1 Å². The summed E-state index contributed by atoms with van der Waals surface area (Å²) in [7, 11) is 0. The van der Waals surface area contributed by atoms with Crippen LogP contribution < -0.4 is 16.0 Å². The average Bonchev–Trinajstić information content (AvgIpc) is 2.92. The Bertz CT molecular complexity index is 578. The summed E-state index contributed by atoms with van der Waals surface area (Å²) in [5, 5.41) is 10.4. The minimum atomic E-state index is -0.410. The lowest BCUT2D eigenvalue weighted by molar-refractivity contribution is -0.127. The maximum atomic E-state index is 11.8. The van der Waals surface area contributed by atoms with E-state index in [0.29, 0.717) is 0 Å². The highest BCUT2D eigenvalue weighted by Crippen LogP contribution is 2.26. The van der Waals surface area contributed by atoms with Crippen LogP contribution in [0.1, 0.15) is 51.4 Å². The van der Waals surface area contributed by atoms with E-state index in [1.165, 1.54) is 18.3 Å². The van der Waals surface area contributed by atoms with Gasteiger partial charge in [0.25, 0.3) is 0 Å². The van der Waals surface area contributed by atoms with Crippen LogP contribution in [0.15, 0.2) is 5.38 Å². The predicted molar refractivity (Wildman–Crippen MR) is 89.1 cm³/mol. The number of hydrogen-bond donors (Lipinski definition) is 3. The zero-order chi connectivity index (χ0) is 17.6. The van der Waals surface area contributed by atoms with Crippen molar-refractivity contribution < 1.29 is 14.4 Å². The Morgan fingerprint density at radius 1 is 1.17 bits per heavy atom. The first-order chi connectivity index (χ1) is 10.6. The van der Waals surface area contributed by atoms with Gasteiger partial charge in [-0.25, -0.2) is 4.98 Å². The van der Waals surface area contributed by atoms with Gasteiger partial charge in [0.1, 0.15) is 5.01 Å². The summed E-state index contributed by atoms with van der Waals surface area (Å²) >= 11 is 1.50. The third-order valence-corrected chi connectivity index (χ3v) is 4.01. The van der Waals surface area contributed by atoms with Crippen molar-refractivity contribution in [3.8, 4) is 0 Å². The van der Waals surface area contributed by atoms with Crippen LogP contribution in [0.2, 0.25) is 0 Å². The molecule has 1 aromatic heterocycles. The summed E-state index contributed by atoms with van der Waals surface area (Å²) < 4.78 is 0. The van der Waals surface area contributed by atoms with Gasteiger partial charge in [-0.05, 0) is 6.92 Å². The first-order valence-electron chi connectivity index (χ1n) is 7.36. The molecule has 7 nitrogen and oxygen atoms in total. The lowest BCUT2D eigenvalue weighted by Crippen LogP contribution is -2.42. The molecule has 0 radical (unpaired) electrons. The Morgan fingerprint density at radius 3 is 2.30 bits per heavy atom. The monoisotopic (exact) mass is 340 g/mol. The predicted octanol–water partition coefficient (Wildman–Crippen LogP) is 0.870. The second kappa shape index (κ2) is 8.05. The number of carbonyl (C=O) groups is 3. The molecule has 1 rings (SSSR count). The molecule has 128 valence electrons. The maximum absolute atomic E-state index is 11.8. The molecule has 0 aliphatic heterocycles. The van der Waals surface area contributed by atoms with E-state index in [0.717, 1.165) is 10.7 Å². The number of aromatic nitrogens is 1. The molecule has 8 heteroatoms. The van der Waals surface area contributed by atoms with E-state index in [2.05, 4.69) is 41.7 Å². The molecule has 0 bridgehead atoms. The second-order valence-electron chi connectivity index (χ2n) is 6.30. The lowest BCUT2D eigenvalue weighted by Gasteiger charge is -2.15. The third kappa shape index (κ3) is 6.77. The number of rotatable bonds is 6. The van der Waals surface area contributed by atoms with Gasteiger partial charge >= 0.3 is 0 Å². The van der Waals surface area contributed by atoms with Crippen molar-refractivity contribution in [2.75, 3.05) is 13.1 Å². The Balaban J connectivity index is 2.43. The Labute approximate surface area is 140 Å². The molecule has 1 heterocycles. The molecule has 0 spiro atoms. The van der Waals surface area contributed by atoms with Crippen molar-refractivity contribution in [1.29, 1.82) is 0 Å². The molecule has 0 fully saturated rings. The number of nitrogens with zero attached hydrogens (tertiary/aromatic N) is 1. The van der Waals surface area contributed by atoms with Gasteiger partial charge in [0.05, 0.1) is 24.8 Å². The van der Waals surface area contributed by atoms with Crippen LogP contribution in [0.25, 0.3) is 0 Å². The molecule has 23 heavy (non-hydrogen) atoms. The number of thiazole rings is 1. The summed E-state index contributed by atoms with van der Waals surface area (Å²) in [6.45, 7) is 9.14. The van der Waals surface area contributed by atoms with Gasteiger partial charge < -0.3 is 16.0 Å². The average molecular weight is 340 g/mol. The van der Waals surface area contributed by atoms with E-state index < -0.39 is 5.91 Å². The maximum Gasteiger partial charge on any atom is 0.239 e. The van der Waals surface area contributed by atoms with Gasteiger partial charge in [0.15, 0.2) is 0 Å². The van der Waals surface area contributed by atoms with Gasteiger partial charge in [-0.2, -0.15) is 0 Å². The summed E-state index contributed by atoms with van der Waals surface area (Å²) in [4.78, 5) is 38.5. The van der Waals surface area contributed by atoms with E-state index in [4.69, 9.17) is 0 Å². The highest BCUT2D eigenvalue weighted by molar-refractivity contribution is 7.09. The quantitative estimate of drug-likeness (QED) is 0.715. The van der Waals surface area contributed by atoms with E-state index in [9.17, 15) is 14.4 Å². The fourth-order valence-electron chi connectivity index (χ4n) is 1.63. The van der Waals surface area contributed by atoms with E-state index in [-0.39, 0.29) is 36.4 Å². The minimum Gasteiger partial charge on any atom is -0.347 e. The molecule has 0 aliphatic rings. The molecule has 3 amide bonds. The molecule has 0 saturated carbocycles. The molecule has 3 N–H and O–H groups in total. The van der Waals surface area contributed by atoms with Gasteiger partial charge in [0, 0.05) is 17.7 Å². The summed E-state index contributed by atoms with van der Waals surface area (Å²) in [5.41, 5.74) is 0.957. The van der Waals surface area contributed by atoms with Crippen LogP contribution in [0, 0.1) is 0 Å². The van der Waals surface area contributed by atoms with Gasteiger partial charge in [-0.15, -0.1) is 11.3 Å². The Morgan fingerprint density at radius 2 is 1.78 bits per heavy atom. The molecule has 0 unspecified atom stereocenters. The summed E-state index contributed by atoms with van der Waals surface area (Å²) in [6, 6.07) is -0.226. The van der Waals surface area contributed by atoms with Crippen molar-refractivity contribution in [3.63, 3.8) is 0 Å². The fraction of sp³-hybridized carbons (Fsp3) is 0.600. The van der Waals surface area contributed by atoms with Crippen molar-refractivity contribution in [2.24, 2.45) is 0 Å². The van der Waals surface area contributed by atoms with Crippen LogP contribution in [0.5, 0.6) is 0 Å². The van der Waals surface area contributed by atoms with Gasteiger partial charge in [-0.1, -0.05) is 20.8 Å². The number of amides is 3. The van der Waals surface area contributed by atoms with Gasteiger partial charge in [0.2, 0.25) is 17.7 Å². The van der Waals surface area contributed by atoms with E-state index in [1.54, 1.807) is 0 Å². The first-order valence-corrected chi connectivity index (χ1v) is 8.24. The van der Waals surface area contributed by atoms with Crippen molar-refractivity contribution in [1.82, 2.24) is 20.9 Å². The molecule has 1 aromatic rings. The van der Waals surface area contributed by atoms with Gasteiger partial charge in [-0.3, -0.25) is 14.4 Å². The normalized spacial score (nSPS) is 12.4. The zero-order valence-corrected chi connectivity index (χ0v) is 15.0. The third-order valence-electron chi connectivity index (χ3n) is 2.98. The van der Waals surface area contributed by atoms with E-state index >= 15 is 0 Å². The van der Waals surface area contributed by atoms with Crippen LogP contribution in [-0.2, 0) is 19.8 Å².